The van der Waals surface area contributed by atoms with E-state index >= 15 is 0 Å². The molecule has 0 aliphatic rings. The van der Waals surface area contributed by atoms with Gasteiger partial charge in [-0.05, 0) is 50.7 Å². The third-order valence-corrected chi connectivity index (χ3v) is 4.53. The first-order valence-corrected chi connectivity index (χ1v) is 9.52. The third kappa shape index (κ3) is 6.22. The fraction of sp³-hybridized carbons (Fsp3) is 0.364. The molecule has 0 atom stereocenters. The van der Waals surface area contributed by atoms with Gasteiger partial charge in [0.2, 0.25) is 0 Å². The first-order valence-electron chi connectivity index (χ1n) is 9.52. The maximum atomic E-state index is 12.8. The molecule has 0 saturated carbocycles. The van der Waals surface area contributed by atoms with E-state index in [2.05, 4.69) is 24.1 Å². The van der Waals surface area contributed by atoms with Crippen LogP contribution in [0.3, 0.4) is 0 Å². The Kier molecular flexibility index (Phi) is 8.01. The Morgan fingerprint density at radius 3 is 2.44 bits per heavy atom. The van der Waals surface area contributed by atoms with Crippen LogP contribution in [0.2, 0.25) is 0 Å². The Hall–Kier alpha value is -2.66. The van der Waals surface area contributed by atoms with E-state index in [0.29, 0.717) is 12.2 Å². The topological polar surface area (TPSA) is 54.3 Å². The number of hydrogen-bond acceptors (Lipinski definition) is 3. The van der Waals surface area contributed by atoms with Crippen molar-refractivity contribution in [3.8, 4) is 0 Å². The van der Waals surface area contributed by atoms with Gasteiger partial charge in [0.25, 0.3) is 11.5 Å². The van der Waals surface area contributed by atoms with Crippen molar-refractivity contribution in [2.24, 2.45) is 0 Å². The van der Waals surface area contributed by atoms with Crippen LogP contribution in [0, 0.1) is 6.92 Å². The summed E-state index contributed by atoms with van der Waals surface area (Å²) in [6, 6.07) is 12.7. The van der Waals surface area contributed by atoms with E-state index in [1.54, 1.807) is 24.4 Å². The fourth-order valence-corrected chi connectivity index (χ4v) is 2.83. The van der Waals surface area contributed by atoms with Crippen LogP contribution < -0.4 is 10.9 Å². The van der Waals surface area contributed by atoms with Crippen molar-refractivity contribution in [2.75, 3.05) is 26.2 Å². The van der Waals surface area contributed by atoms with E-state index < -0.39 is 0 Å². The molecule has 2 aromatic rings. The number of pyridine rings is 1. The minimum atomic E-state index is -0.247. The van der Waals surface area contributed by atoms with Crippen LogP contribution in [0.1, 0.15) is 31.4 Å². The fourth-order valence-electron chi connectivity index (χ4n) is 2.83. The van der Waals surface area contributed by atoms with Crippen LogP contribution in [-0.4, -0.2) is 41.6 Å². The molecule has 5 heteroatoms. The van der Waals surface area contributed by atoms with Gasteiger partial charge in [0, 0.05) is 18.8 Å². The van der Waals surface area contributed by atoms with Gasteiger partial charge < -0.3 is 10.2 Å². The maximum absolute atomic E-state index is 12.8. The molecule has 1 heterocycles. The SMILES string of the molecule is CCN(CC)CCCNC(=O)C(=Cc1ccc(C)cc1)n1ccccc1=O. The summed E-state index contributed by atoms with van der Waals surface area (Å²) < 4.78 is 1.39. The molecule has 1 N–H and O–H groups in total. The lowest BCUT2D eigenvalue weighted by Gasteiger charge is -2.18. The van der Waals surface area contributed by atoms with E-state index in [1.165, 1.54) is 10.6 Å². The number of hydrogen-bond donors (Lipinski definition) is 1. The summed E-state index contributed by atoms with van der Waals surface area (Å²) in [6.07, 6.45) is 4.24. The van der Waals surface area contributed by atoms with Gasteiger partial charge in [-0.25, -0.2) is 0 Å². The van der Waals surface area contributed by atoms with Gasteiger partial charge in [-0.15, -0.1) is 0 Å². The highest BCUT2D eigenvalue weighted by Gasteiger charge is 2.13. The molecule has 5 nitrogen and oxygen atoms in total. The Morgan fingerprint density at radius 1 is 1.11 bits per heavy atom. The van der Waals surface area contributed by atoms with Gasteiger partial charge >= 0.3 is 0 Å². The van der Waals surface area contributed by atoms with Gasteiger partial charge in [-0.2, -0.15) is 0 Å². The van der Waals surface area contributed by atoms with Crippen molar-refractivity contribution >= 4 is 17.7 Å². The number of benzene rings is 1. The molecular formula is C22H29N3O2. The Balaban J connectivity index is 2.17. The van der Waals surface area contributed by atoms with Crippen molar-refractivity contribution in [1.29, 1.82) is 0 Å². The van der Waals surface area contributed by atoms with Gasteiger partial charge in [0.15, 0.2) is 0 Å². The first kappa shape index (κ1) is 20.6. The largest absolute Gasteiger partial charge is 0.351 e. The van der Waals surface area contributed by atoms with Crippen LogP contribution >= 0.6 is 0 Å². The lowest BCUT2D eigenvalue weighted by molar-refractivity contribution is -0.115. The zero-order chi connectivity index (χ0) is 19.6. The van der Waals surface area contributed by atoms with E-state index in [9.17, 15) is 9.59 Å². The number of nitrogens with zero attached hydrogens (tertiary/aromatic N) is 2. The summed E-state index contributed by atoms with van der Waals surface area (Å²) >= 11 is 0. The second kappa shape index (κ2) is 10.5. The Labute approximate surface area is 161 Å². The smallest absolute Gasteiger partial charge is 0.268 e. The number of carbonyl (C=O) groups is 1. The molecule has 1 amide bonds. The summed E-state index contributed by atoms with van der Waals surface area (Å²) in [5.74, 6) is -0.247. The minimum absolute atomic E-state index is 0.228. The van der Waals surface area contributed by atoms with Gasteiger partial charge in [-0.3, -0.25) is 14.2 Å². The zero-order valence-corrected chi connectivity index (χ0v) is 16.4. The van der Waals surface area contributed by atoms with E-state index in [0.717, 1.165) is 37.2 Å². The molecule has 0 bridgehead atoms. The lowest BCUT2D eigenvalue weighted by atomic mass is 10.1. The predicted octanol–water partition coefficient (Wildman–Crippen LogP) is 3.00. The molecule has 2 rings (SSSR count). The molecular weight excluding hydrogens is 338 g/mol. The lowest BCUT2D eigenvalue weighted by Crippen LogP contribution is -2.33. The van der Waals surface area contributed by atoms with Crippen molar-refractivity contribution < 1.29 is 4.79 Å². The highest BCUT2D eigenvalue weighted by atomic mass is 16.2. The summed E-state index contributed by atoms with van der Waals surface area (Å²) in [4.78, 5) is 27.4. The van der Waals surface area contributed by atoms with Crippen LogP contribution in [0.25, 0.3) is 11.8 Å². The molecule has 1 aromatic heterocycles. The van der Waals surface area contributed by atoms with Crippen LogP contribution in [0.4, 0.5) is 0 Å². The summed E-state index contributed by atoms with van der Waals surface area (Å²) in [5.41, 5.74) is 2.12. The molecule has 1 aromatic carbocycles. The van der Waals surface area contributed by atoms with Crippen LogP contribution in [0.5, 0.6) is 0 Å². The Morgan fingerprint density at radius 2 is 1.81 bits per heavy atom. The predicted molar refractivity (Wildman–Crippen MR) is 111 cm³/mol. The second-order valence-electron chi connectivity index (χ2n) is 6.49. The van der Waals surface area contributed by atoms with Crippen molar-refractivity contribution in [3.05, 3.63) is 70.1 Å². The molecule has 0 aliphatic carbocycles. The maximum Gasteiger partial charge on any atom is 0.268 e. The average molecular weight is 367 g/mol. The molecule has 0 fully saturated rings. The molecule has 0 saturated heterocycles. The standard InChI is InChI=1S/C22H29N3O2/c1-4-24(5-2)15-8-14-23-22(27)20(25-16-7-6-9-21(25)26)17-19-12-10-18(3)11-13-19/h6-7,9-13,16-17H,4-5,8,14-15H2,1-3H3,(H,23,27). The van der Waals surface area contributed by atoms with Crippen LogP contribution in [0.15, 0.2) is 53.5 Å². The molecule has 27 heavy (non-hydrogen) atoms. The number of nitrogens with one attached hydrogen (secondary N) is 1. The highest BCUT2D eigenvalue weighted by Crippen LogP contribution is 2.12. The van der Waals surface area contributed by atoms with Gasteiger partial charge in [0.1, 0.15) is 5.70 Å². The number of aromatic nitrogens is 1. The number of amides is 1. The summed E-state index contributed by atoms with van der Waals surface area (Å²) in [5, 5.41) is 2.95. The molecule has 0 spiro atoms. The van der Waals surface area contributed by atoms with Gasteiger partial charge in [-0.1, -0.05) is 49.7 Å². The molecule has 144 valence electrons. The summed E-state index contributed by atoms with van der Waals surface area (Å²) in [6.45, 7) is 9.79. The van der Waals surface area contributed by atoms with E-state index in [1.807, 2.05) is 31.2 Å². The van der Waals surface area contributed by atoms with E-state index in [4.69, 9.17) is 0 Å². The molecule has 0 aliphatic heterocycles. The highest BCUT2D eigenvalue weighted by molar-refractivity contribution is 6.18. The monoisotopic (exact) mass is 367 g/mol. The average Bonchev–Trinajstić information content (AvgIpc) is 2.68. The minimum Gasteiger partial charge on any atom is -0.351 e. The number of rotatable bonds is 9. The zero-order valence-electron chi connectivity index (χ0n) is 16.4. The first-order chi connectivity index (χ1) is 13.0. The normalized spacial score (nSPS) is 11.6. The van der Waals surface area contributed by atoms with Crippen molar-refractivity contribution in [3.63, 3.8) is 0 Å². The summed E-state index contributed by atoms with van der Waals surface area (Å²) in [7, 11) is 0. The van der Waals surface area contributed by atoms with Crippen molar-refractivity contribution in [2.45, 2.75) is 27.2 Å². The van der Waals surface area contributed by atoms with Crippen molar-refractivity contribution in [1.82, 2.24) is 14.8 Å². The number of carbonyl (C=O) groups excluding carboxylic acids is 1. The molecule has 0 radical (unpaired) electrons. The second-order valence-corrected chi connectivity index (χ2v) is 6.49. The van der Waals surface area contributed by atoms with E-state index in [-0.39, 0.29) is 11.5 Å². The van der Waals surface area contributed by atoms with Gasteiger partial charge in [0.05, 0.1) is 0 Å². The molecule has 0 unspecified atom stereocenters. The van der Waals surface area contributed by atoms with Crippen LogP contribution in [-0.2, 0) is 4.79 Å². The third-order valence-electron chi connectivity index (χ3n) is 4.53. The Bertz CT molecular complexity index is 818. The number of aryl methyl sites for hydroxylation is 1. The quantitative estimate of drug-likeness (QED) is 0.548.